The van der Waals surface area contributed by atoms with Crippen LogP contribution in [0.3, 0.4) is 0 Å². The van der Waals surface area contributed by atoms with E-state index in [0.717, 1.165) is 29.5 Å². The van der Waals surface area contributed by atoms with Gasteiger partial charge in [-0.05, 0) is 38.5 Å². The number of hydrogen-bond acceptors (Lipinski definition) is 2. The molecule has 1 fully saturated rings. The van der Waals surface area contributed by atoms with E-state index in [4.69, 9.17) is 0 Å². The third-order valence-electron chi connectivity index (χ3n) is 4.16. The molecule has 2 nitrogen and oxygen atoms in total. The van der Waals surface area contributed by atoms with Crippen LogP contribution < -0.4 is 5.32 Å². The summed E-state index contributed by atoms with van der Waals surface area (Å²) in [5, 5.41) is 3.59. The van der Waals surface area contributed by atoms with Crippen molar-refractivity contribution in [1.82, 2.24) is 10.2 Å². The first kappa shape index (κ1) is 14.9. The van der Waals surface area contributed by atoms with Crippen LogP contribution in [0.15, 0.2) is 22.7 Å². The molecule has 1 N–H and O–H groups in total. The second-order valence-corrected chi connectivity index (χ2v) is 6.70. The molecule has 1 aliphatic rings. The van der Waals surface area contributed by atoms with E-state index in [0.29, 0.717) is 12.6 Å². The van der Waals surface area contributed by atoms with Gasteiger partial charge in [-0.1, -0.05) is 22.9 Å². The fourth-order valence-electron chi connectivity index (χ4n) is 2.52. The second kappa shape index (κ2) is 5.90. The summed E-state index contributed by atoms with van der Waals surface area (Å²) < 4.78 is 14.8. The Balaban J connectivity index is 2.14. The third-order valence-corrected chi connectivity index (χ3v) is 4.65. The Morgan fingerprint density at radius 1 is 1.53 bits per heavy atom. The number of benzene rings is 1. The van der Waals surface area contributed by atoms with E-state index in [2.05, 4.69) is 46.9 Å². The first-order valence-corrected chi connectivity index (χ1v) is 7.66. The summed E-state index contributed by atoms with van der Waals surface area (Å²) in [6, 6.07) is 5.59. The molecule has 0 bridgehead atoms. The minimum atomic E-state index is -0.118. The third kappa shape index (κ3) is 3.56. The number of hydrogen-bond donors (Lipinski definition) is 1. The Bertz CT molecular complexity index is 452. The molecule has 0 saturated carbocycles. The number of rotatable bonds is 3. The molecule has 2 atom stereocenters. The highest BCUT2D eigenvalue weighted by molar-refractivity contribution is 9.10. The standard InChI is InChI=1S/C15H22BrFN2/c1-4-15(3)10-19(11(2)8-18-15)9-12-7-13(16)5-6-14(12)17/h5-7,11,18H,4,8-10H2,1-3H3. The lowest BCUT2D eigenvalue weighted by Crippen LogP contribution is -2.61. The van der Waals surface area contributed by atoms with Crippen molar-refractivity contribution in [3.05, 3.63) is 34.1 Å². The van der Waals surface area contributed by atoms with E-state index in [-0.39, 0.29) is 11.4 Å². The Morgan fingerprint density at radius 2 is 2.26 bits per heavy atom. The number of nitrogens with one attached hydrogen (secondary N) is 1. The first-order chi connectivity index (χ1) is 8.93. The quantitative estimate of drug-likeness (QED) is 0.912. The Labute approximate surface area is 123 Å². The van der Waals surface area contributed by atoms with Crippen LogP contribution in [0.2, 0.25) is 0 Å². The molecule has 2 unspecified atom stereocenters. The van der Waals surface area contributed by atoms with Crippen LogP contribution in [0.1, 0.15) is 32.8 Å². The molecule has 19 heavy (non-hydrogen) atoms. The summed E-state index contributed by atoms with van der Waals surface area (Å²) in [5.74, 6) is -0.118. The average molecular weight is 329 g/mol. The SMILES string of the molecule is CCC1(C)CN(Cc2cc(Br)ccc2F)C(C)CN1. The molecule has 2 rings (SSSR count). The fourth-order valence-corrected chi connectivity index (χ4v) is 2.92. The van der Waals surface area contributed by atoms with Gasteiger partial charge in [0, 0.05) is 41.3 Å². The Hall–Kier alpha value is -0.450. The van der Waals surface area contributed by atoms with Crippen LogP contribution in [0.25, 0.3) is 0 Å². The molecule has 1 heterocycles. The van der Waals surface area contributed by atoms with Crippen LogP contribution in [0.4, 0.5) is 4.39 Å². The predicted molar refractivity (Wildman–Crippen MR) is 80.7 cm³/mol. The molecular formula is C15H22BrFN2. The first-order valence-electron chi connectivity index (χ1n) is 6.86. The maximum absolute atomic E-state index is 13.9. The lowest BCUT2D eigenvalue weighted by atomic mass is 9.93. The zero-order valence-corrected chi connectivity index (χ0v) is 13.4. The lowest BCUT2D eigenvalue weighted by molar-refractivity contribution is 0.0856. The molecule has 1 aromatic rings. The average Bonchev–Trinajstić information content (AvgIpc) is 2.38. The smallest absolute Gasteiger partial charge is 0.127 e. The summed E-state index contributed by atoms with van der Waals surface area (Å²) in [4.78, 5) is 2.37. The van der Waals surface area contributed by atoms with Crippen molar-refractivity contribution in [2.24, 2.45) is 0 Å². The van der Waals surface area contributed by atoms with Crippen LogP contribution in [0, 0.1) is 5.82 Å². The minimum absolute atomic E-state index is 0.118. The van der Waals surface area contributed by atoms with Crippen molar-refractivity contribution in [2.45, 2.75) is 45.3 Å². The maximum Gasteiger partial charge on any atom is 0.127 e. The zero-order chi connectivity index (χ0) is 14.0. The molecule has 0 spiro atoms. The molecule has 1 saturated heterocycles. The van der Waals surface area contributed by atoms with Crippen molar-refractivity contribution in [1.29, 1.82) is 0 Å². The van der Waals surface area contributed by atoms with Crippen LogP contribution in [-0.4, -0.2) is 29.6 Å². The second-order valence-electron chi connectivity index (χ2n) is 5.78. The van der Waals surface area contributed by atoms with Gasteiger partial charge in [0.05, 0.1) is 0 Å². The highest BCUT2D eigenvalue weighted by atomic mass is 79.9. The minimum Gasteiger partial charge on any atom is -0.309 e. The van der Waals surface area contributed by atoms with Gasteiger partial charge in [0.2, 0.25) is 0 Å². The number of nitrogens with zero attached hydrogens (tertiary/aromatic N) is 1. The van der Waals surface area contributed by atoms with Crippen molar-refractivity contribution < 1.29 is 4.39 Å². The molecule has 106 valence electrons. The van der Waals surface area contributed by atoms with Crippen molar-refractivity contribution in [3.63, 3.8) is 0 Å². The molecule has 1 aliphatic heterocycles. The van der Waals surface area contributed by atoms with E-state index < -0.39 is 0 Å². The molecule has 0 radical (unpaired) electrons. The molecule has 4 heteroatoms. The van der Waals surface area contributed by atoms with Gasteiger partial charge in [0.15, 0.2) is 0 Å². The van der Waals surface area contributed by atoms with Gasteiger partial charge in [-0.3, -0.25) is 4.90 Å². The van der Waals surface area contributed by atoms with E-state index in [1.807, 2.05) is 6.07 Å². The lowest BCUT2D eigenvalue weighted by Gasteiger charge is -2.45. The van der Waals surface area contributed by atoms with Gasteiger partial charge < -0.3 is 5.32 Å². The normalized spacial score (nSPS) is 28.6. The van der Waals surface area contributed by atoms with Crippen molar-refractivity contribution in [3.8, 4) is 0 Å². The highest BCUT2D eigenvalue weighted by Crippen LogP contribution is 2.23. The molecule has 0 amide bonds. The zero-order valence-electron chi connectivity index (χ0n) is 11.8. The monoisotopic (exact) mass is 328 g/mol. The summed E-state index contributed by atoms with van der Waals surface area (Å²) in [6.07, 6.45) is 1.08. The molecule has 1 aromatic carbocycles. The number of piperazine rings is 1. The Kier molecular flexibility index (Phi) is 4.64. The Morgan fingerprint density at radius 3 is 2.95 bits per heavy atom. The van der Waals surface area contributed by atoms with Crippen LogP contribution in [0.5, 0.6) is 0 Å². The van der Waals surface area contributed by atoms with E-state index in [9.17, 15) is 4.39 Å². The summed E-state index contributed by atoms with van der Waals surface area (Å²) >= 11 is 3.41. The van der Waals surface area contributed by atoms with Crippen molar-refractivity contribution >= 4 is 15.9 Å². The van der Waals surface area contributed by atoms with Gasteiger partial charge in [0.25, 0.3) is 0 Å². The van der Waals surface area contributed by atoms with E-state index in [1.54, 1.807) is 6.07 Å². The fraction of sp³-hybridized carbons (Fsp3) is 0.600. The van der Waals surface area contributed by atoms with Gasteiger partial charge in [-0.15, -0.1) is 0 Å². The van der Waals surface area contributed by atoms with Gasteiger partial charge in [0.1, 0.15) is 5.82 Å². The van der Waals surface area contributed by atoms with Gasteiger partial charge >= 0.3 is 0 Å². The largest absolute Gasteiger partial charge is 0.309 e. The highest BCUT2D eigenvalue weighted by Gasteiger charge is 2.32. The van der Waals surface area contributed by atoms with E-state index >= 15 is 0 Å². The summed E-state index contributed by atoms with van der Waals surface area (Å²) in [6.45, 7) is 9.21. The van der Waals surface area contributed by atoms with E-state index in [1.165, 1.54) is 6.07 Å². The van der Waals surface area contributed by atoms with Gasteiger partial charge in [-0.2, -0.15) is 0 Å². The molecular weight excluding hydrogens is 307 g/mol. The maximum atomic E-state index is 13.9. The number of halogens is 2. The summed E-state index contributed by atoms with van der Waals surface area (Å²) in [7, 11) is 0. The molecule has 0 aromatic heterocycles. The van der Waals surface area contributed by atoms with Crippen LogP contribution >= 0.6 is 15.9 Å². The summed E-state index contributed by atoms with van der Waals surface area (Å²) in [5.41, 5.74) is 0.899. The van der Waals surface area contributed by atoms with Crippen molar-refractivity contribution in [2.75, 3.05) is 13.1 Å². The molecule has 0 aliphatic carbocycles. The predicted octanol–water partition coefficient (Wildman–Crippen LogP) is 3.55. The van der Waals surface area contributed by atoms with Gasteiger partial charge in [-0.25, -0.2) is 4.39 Å². The topological polar surface area (TPSA) is 15.3 Å². The van der Waals surface area contributed by atoms with Crippen LogP contribution in [-0.2, 0) is 6.54 Å².